The van der Waals surface area contributed by atoms with E-state index in [-0.39, 0.29) is 16.0 Å². The Morgan fingerprint density at radius 3 is 2.58 bits per heavy atom. The molecule has 0 aromatic rings. The summed E-state index contributed by atoms with van der Waals surface area (Å²) in [5, 5.41) is 3.31. The van der Waals surface area contributed by atoms with Crippen molar-refractivity contribution in [3.05, 3.63) is 0 Å². The Bertz CT molecular complexity index is 199. The van der Waals surface area contributed by atoms with Gasteiger partial charge in [0.15, 0.2) is 0 Å². The second-order valence-electron chi connectivity index (χ2n) is 3.80. The van der Waals surface area contributed by atoms with E-state index in [1.165, 1.54) is 32.1 Å². The molecular weight excluding hydrogens is 170 g/mol. The van der Waals surface area contributed by atoms with Crippen molar-refractivity contribution in [2.75, 3.05) is 0 Å². The van der Waals surface area contributed by atoms with Gasteiger partial charge in [0.1, 0.15) is 0 Å². The summed E-state index contributed by atoms with van der Waals surface area (Å²) in [5.74, 6) is 0.238. The van der Waals surface area contributed by atoms with Crippen molar-refractivity contribution in [3.63, 3.8) is 0 Å². The Morgan fingerprint density at radius 2 is 2.08 bits per heavy atom. The molecule has 0 aromatic carbocycles. The molecule has 1 amide bonds. The topological polar surface area (TPSA) is 29.1 Å². The van der Waals surface area contributed by atoms with Crippen LogP contribution in [0, 0.1) is 0 Å². The number of nitrogens with one attached hydrogen (secondary N) is 1. The summed E-state index contributed by atoms with van der Waals surface area (Å²) in [6, 6.07) is 0. The molecule has 1 spiro atoms. The first-order valence-electron chi connectivity index (χ1n) is 4.72. The molecular formula is C9H15NOS. The molecule has 68 valence electrons. The fourth-order valence-corrected chi connectivity index (χ4v) is 3.64. The average Bonchev–Trinajstić information content (AvgIpc) is 2.29. The van der Waals surface area contributed by atoms with Crippen LogP contribution in [0.25, 0.3) is 0 Å². The number of amides is 1. The van der Waals surface area contributed by atoms with Crippen LogP contribution in [0.2, 0.25) is 0 Å². The van der Waals surface area contributed by atoms with Crippen LogP contribution < -0.4 is 5.32 Å². The fraction of sp³-hybridized carbons (Fsp3) is 0.889. The Kier molecular flexibility index (Phi) is 2.07. The van der Waals surface area contributed by atoms with Gasteiger partial charge in [0.05, 0.1) is 10.1 Å². The van der Waals surface area contributed by atoms with Gasteiger partial charge in [-0.25, -0.2) is 0 Å². The average molecular weight is 185 g/mol. The van der Waals surface area contributed by atoms with Gasteiger partial charge in [0.2, 0.25) is 5.91 Å². The van der Waals surface area contributed by atoms with Crippen LogP contribution in [0.4, 0.5) is 0 Å². The fourth-order valence-electron chi connectivity index (χ4n) is 2.11. The van der Waals surface area contributed by atoms with E-state index < -0.39 is 0 Å². The van der Waals surface area contributed by atoms with Crippen molar-refractivity contribution < 1.29 is 4.79 Å². The summed E-state index contributed by atoms with van der Waals surface area (Å²) in [7, 11) is 0. The van der Waals surface area contributed by atoms with E-state index in [9.17, 15) is 4.79 Å². The van der Waals surface area contributed by atoms with Crippen LogP contribution in [-0.2, 0) is 4.79 Å². The molecule has 0 bridgehead atoms. The molecule has 1 atom stereocenters. The SMILES string of the molecule is C[C@@H]1SC2(CCCCC2)NC1=O. The summed E-state index contributed by atoms with van der Waals surface area (Å²) in [6.07, 6.45) is 6.24. The van der Waals surface area contributed by atoms with Crippen molar-refractivity contribution >= 4 is 17.7 Å². The van der Waals surface area contributed by atoms with Gasteiger partial charge in [0.25, 0.3) is 0 Å². The summed E-state index contributed by atoms with van der Waals surface area (Å²) in [6.45, 7) is 2.00. The first kappa shape index (κ1) is 8.42. The molecule has 2 nitrogen and oxygen atoms in total. The lowest BCUT2D eigenvalue weighted by Crippen LogP contribution is -2.41. The smallest absolute Gasteiger partial charge is 0.234 e. The highest BCUT2D eigenvalue weighted by Gasteiger charge is 2.43. The lowest BCUT2D eigenvalue weighted by atomic mass is 9.95. The summed E-state index contributed by atoms with van der Waals surface area (Å²) >= 11 is 1.84. The van der Waals surface area contributed by atoms with Crippen LogP contribution in [0.3, 0.4) is 0 Å². The first-order chi connectivity index (χ1) is 5.72. The second-order valence-corrected chi connectivity index (χ2v) is 5.53. The predicted octanol–water partition coefficient (Wildman–Crippen LogP) is 1.90. The van der Waals surface area contributed by atoms with Gasteiger partial charge in [-0.3, -0.25) is 4.79 Å². The van der Waals surface area contributed by atoms with Gasteiger partial charge in [-0.05, 0) is 19.8 Å². The summed E-state index contributed by atoms with van der Waals surface area (Å²) in [5.41, 5.74) is 0. The quantitative estimate of drug-likeness (QED) is 0.624. The Balaban J connectivity index is 2.07. The van der Waals surface area contributed by atoms with E-state index in [2.05, 4.69) is 5.32 Å². The number of carbonyl (C=O) groups excluding carboxylic acids is 1. The number of carbonyl (C=O) groups is 1. The van der Waals surface area contributed by atoms with E-state index in [0.29, 0.717) is 0 Å². The highest BCUT2D eigenvalue weighted by Crippen LogP contribution is 2.43. The lowest BCUT2D eigenvalue weighted by molar-refractivity contribution is -0.120. The molecule has 2 rings (SSSR count). The van der Waals surface area contributed by atoms with Crippen LogP contribution in [0.5, 0.6) is 0 Å². The molecule has 12 heavy (non-hydrogen) atoms. The highest BCUT2D eigenvalue weighted by molar-refractivity contribution is 8.02. The van der Waals surface area contributed by atoms with Crippen LogP contribution in [-0.4, -0.2) is 16.0 Å². The third kappa shape index (κ3) is 1.35. The molecule has 1 saturated heterocycles. The first-order valence-corrected chi connectivity index (χ1v) is 5.60. The molecule has 1 aliphatic heterocycles. The molecule has 0 unspecified atom stereocenters. The van der Waals surface area contributed by atoms with Gasteiger partial charge in [-0.2, -0.15) is 0 Å². The molecule has 1 N–H and O–H groups in total. The van der Waals surface area contributed by atoms with Crippen molar-refractivity contribution in [1.82, 2.24) is 5.32 Å². The number of hydrogen-bond donors (Lipinski definition) is 1. The predicted molar refractivity (Wildman–Crippen MR) is 51.0 cm³/mol. The standard InChI is InChI=1S/C9H15NOS/c1-7-8(11)10-9(12-7)5-3-2-4-6-9/h7H,2-6H2,1H3,(H,10,11)/t7-/m0/s1. The highest BCUT2D eigenvalue weighted by atomic mass is 32.2. The van der Waals surface area contributed by atoms with E-state index in [1.54, 1.807) is 0 Å². The minimum atomic E-state index is 0.134. The molecule has 3 heteroatoms. The van der Waals surface area contributed by atoms with Crippen molar-refractivity contribution in [2.45, 2.75) is 49.1 Å². The zero-order chi connectivity index (χ0) is 8.60. The maximum Gasteiger partial charge on any atom is 0.234 e. The van der Waals surface area contributed by atoms with Crippen LogP contribution in [0.15, 0.2) is 0 Å². The third-order valence-corrected chi connectivity index (χ3v) is 4.31. The van der Waals surface area contributed by atoms with Gasteiger partial charge in [0, 0.05) is 0 Å². The molecule has 1 aliphatic carbocycles. The monoisotopic (exact) mass is 185 g/mol. The van der Waals surface area contributed by atoms with Crippen molar-refractivity contribution in [3.8, 4) is 0 Å². The number of rotatable bonds is 0. The van der Waals surface area contributed by atoms with E-state index in [4.69, 9.17) is 0 Å². The largest absolute Gasteiger partial charge is 0.341 e. The van der Waals surface area contributed by atoms with Gasteiger partial charge in [-0.15, -0.1) is 11.8 Å². The lowest BCUT2D eigenvalue weighted by Gasteiger charge is -2.32. The van der Waals surface area contributed by atoms with Crippen LogP contribution >= 0.6 is 11.8 Å². The molecule has 1 heterocycles. The molecule has 2 fully saturated rings. The number of thioether (sulfide) groups is 1. The second kappa shape index (κ2) is 2.95. The van der Waals surface area contributed by atoms with Crippen molar-refractivity contribution in [1.29, 1.82) is 0 Å². The maximum absolute atomic E-state index is 11.3. The molecule has 1 saturated carbocycles. The summed E-state index contributed by atoms with van der Waals surface area (Å²) in [4.78, 5) is 11.4. The third-order valence-electron chi connectivity index (χ3n) is 2.78. The molecule has 2 aliphatic rings. The summed E-state index contributed by atoms with van der Waals surface area (Å²) < 4.78 is 0. The minimum Gasteiger partial charge on any atom is -0.341 e. The Morgan fingerprint density at radius 1 is 1.42 bits per heavy atom. The molecule has 0 aromatic heterocycles. The normalized spacial score (nSPS) is 33.8. The zero-order valence-electron chi connectivity index (χ0n) is 7.43. The number of hydrogen-bond acceptors (Lipinski definition) is 2. The van der Waals surface area contributed by atoms with Gasteiger partial charge >= 0.3 is 0 Å². The Labute approximate surface area is 77.5 Å². The van der Waals surface area contributed by atoms with E-state index in [0.717, 1.165) is 0 Å². The Hall–Kier alpha value is -0.180. The van der Waals surface area contributed by atoms with Gasteiger partial charge < -0.3 is 5.32 Å². The van der Waals surface area contributed by atoms with Crippen LogP contribution in [0.1, 0.15) is 39.0 Å². The minimum absolute atomic E-state index is 0.134. The molecule has 0 radical (unpaired) electrons. The van der Waals surface area contributed by atoms with E-state index in [1.807, 2.05) is 18.7 Å². The van der Waals surface area contributed by atoms with E-state index >= 15 is 0 Å². The maximum atomic E-state index is 11.3. The zero-order valence-corrected chi connectivity index (χ0v) is 8.25. The van der Waals surface area contributed by atoms with Gasteiger partial charge in [-0.1, -0.05) is 19.3 Å². The van der Waals surface area contributed by atoms with Crippen molar-refractivity contribution in [2.24, 2.45) is 0 Å².